The molecule has 0 radical (unpaired) electrons. The van der Waals surface area contributed by atoms with Gasteiger partial charge in [-0.2, -0.15) is 0 Å². The number of nitrogens with one attached hydrogen (secondary N) is 1. The van der Waals surface area contributed by atoms with Gasteiger partial charge in [-0.25, -0.2) is 0 Å². The third-order valence-corrected chi connectivity index (χ3v) is 4.24. The van der Waals surface area contributed by atoms with Crippen LogP contribution in [0.25, 0.3) is 0 Å². The van der Waals surface area contributed by atoms with Gasteiger partial charge in [0.1, 0.15) is 5.75 Å². The molecule has 0 unspecified atom stereocenters. The summed E-state index contributed by atoms with van der Waals surface area (Å²) in [6, 6.07) is 4.25. The zero-order valence-corrected chi connectivity index (χ0v) is 11.7. The van der Waals surface area contributed by atoms with Crippen LogP contribution in [0.15, 0.2) is 12.1 Å². The van der Waals surface area contributed by atoms with Crippen LogP contribution in [-0.4, -0.2) is 20.2 Å². The molecule has 2 rings (SSSR count). The maximum atomic E-state index is 5.89. The van der Waals surface area contributed by atoms with E-state index in [9.17, 15) is 0 Å². The zero-order chi connectivity index (χ0) is 13.2. The van der Waals surface area contributed by atoms with Gasteiger partial charge >= 0.3 is 0 Å². The van der Waals surface area contributed by atoms with Crippen LogP contribution in [0.2, 0.25) is 0 Å². The van der Waals surface area contributed by atoms with E-state index in [0.29, 0.717) is 5.41 Å². The minimum atomic E-state index is 0.334. The molecule has 0 heterocycles. The summed E-state index contributed by atoms with van der Waals surface area (Å²) in [4.78, 5) is 0. The lowest BCUT2D eigenvalue weighted by atomic mass is 9.69. The SMILES string of the molecule is COc1cc(C)c(NCC2(CN)CCC2)cc1C. The molecule has 3 heteroatoms. The maximum Gasteiger partial charge on any atom is 0.122 e. The van der Waals surface area contributed by atoms with Crippen molar-refractivity contribution in [1.82, 2.24) is 0 Å². The Hall–Kier alpha value is -1.22. The summed E-state index contributed by atoms with van der Waals surface area (Å²) in [6.45, 7) is 5.95. The summed E-state index contributed by atoms with van der Waals surface area (Å²) in [5, 5.41) is 3.56. The van der Waals surface area contributed by atoms with Crippen LogP contribution in [0.3, 0.4) is 0 Å². The molecule has 3 N–H and O–H groups in total. The quantitative estimate of drug-likeness (QED) is 0.842. The molecule has 0 aliphatic heterocycles. The van der Waals surface area contributed by atoms with Gasteiger partial charge in [-0.3, -0.25) is 0 Å². The number of methoxy groups -OCH3 is 1. The molecular formula is C15H24N2O. The fraction of sp³-hybridized carbons (Fsp3) is 0.600. The van der Waals surface area contributed by atoms with Crippen LogP contribution in [-0.2, 0) is 0 Å². The van der Waals surface area contributed by atoms with Crippen LogP contribution in [0.5, 0.6) is 5.75 Å². The third kappa shape index (κ3) is 2.46. The summed E-state index contributed by atoms with van der Waals surface area (Å²) >= 11 is 0. The Morgan fingerprint density at radius 1 is 1.28 bits per heavy atom. The Morgan fingerprint density at radius 2 is 2.00 bits per heavy atom. The number of hydrogen-bond acceptors (Lipinski definition) is 3. The van der Waals surface area contributed by atoms with Crippen molar-refractivity contribution < 1.29 is 4.74 Å². The molecule has 0 atom stereocenters. The number of hydrogen-bond donors (Lipinski definition) is 2. The topological polar surface area (TPSA) is 47.3 Å². The summed E-state index contributed by atoms with van der Waals surface area (Å²) in [5.74, 6) is 0.954. The lowest BCUT2D eigenvalue weighted by Crippen LogP contribution is -2.43. The number of anilines is 1. The number of nitrogens with two attached hydrogens (primary N) is 1. The first-order valence-electron chi connectivity index (χ1n) is 6.69. The van der Waals surface area contributed by atoms with Gasteiger partial charge in [0.15, 0.2) is 0 Å². The minimum absolute atomic E-state index is 0.334. The van der Waals surface area contributed by atoms with Gasteiger partial charge in [-0.05, 0) is 61.9 Å². The Bertz CT molecular complexity index is 419. The predicted octanol–water partition coefficient (Wildman–Crippen LogP) is 2.85. The largest absolute Gasteiger partial charge is 0.496 e. The van der Waals surface area contributed by atoms with Gasteiger partial charge in [-0.15, -0.1) is 0 Å². The first kappa shape index (κ1) is 13.2. The van der Waals surface area contributed by atoms with E-state index in [-0.39, 0.29) is 0 Å². The molecule has 0 saturated heterocycles. The van der Waals surface area contributed by atoms with E-state index in [1.54, 1.807) is 7.11 Å². The third-order valence-electron chi connectivity index (χ3n) is 4.24. The van der Waals surface area contributed by atoms with Crippen molar-refractivity contribution in [3.63, 3.8) is 0 Å². The highest BCUT2D eigenvalue weighted by Gasteiger charge is 2.35. The summed E-state index contributed by atoms with van der Waals surface area (Å²) < 4.78 is 5.33. The second kappa shape index (κ2) is 5.19. The Labute approximate surface area is 110 Å². The molecular weight excluding hydrogens is 224 g/mol. The molecule has 18 heavy (non-hydrogen) atoms. The van der Waals surface area contributed by atoms with E-state index in [1.807, 2.05) is 0 Å². The second-order valence-corrected chi connectivity index (χ2v) is 5.55. The van der Waals surface area contributed by atoms with Crippen molar-refractivity contribution in [3.05, 3.63) is 23.3 Å². The predicted molar refractivity (Wildman–Crippen MR) is 76.3 cm³/mol. The summed E-state index contributed by atoms with van der Waals surface area (Å²) in [6.07, 6.45) is 3.83. The zero-order valence-electron chi connectivity index (χ0n) is 11.7. The van der Waals surface area contributed by atoms with E-state index in [2.05, 4.69) is 31.3 Å². The molecule has 3 nitrogen and oxygen atoms in total. The smallest absolute Gasteiger partial charge is 0.122 e. The van der Waals surface area contributed by atoms with Crippen molar-refractivity contribution in [3.8, 4) is 5.75 Å². The lowest BCUT2D eigenvalue weighted by Gasteiger charge is -2.41. The molecule has 100 valence electrons. The summed E-state index contributed by atoms with van der Waals surface area (Å²) in [7, 11) is 1.71. The fourth-order valence-electron chi connectivity index (χ4n) is 2.61. The highest BCUT2D eigenvalue weighted by atomic mass is 16.5. The van der Waals surface area contributed by atoms with Crippen LogP contribution < -0.4 is 15.8 Å². The van der Waals surface area contributed by atoms with Gasteiger partial charge in [0.05, 0.1) is 7.11 Å². The molecule has 1 aromatic carbocycles. The van der Waals surface area contributed by atoms with E-state index in [4.69, 9.17) is 10.5 Å². The van der Waals surface area contributed by atoms with Crippen LogP contribution in [0, 0.1) is 19.3 Å². The number of rotatable bonds is 5. The van der Waals surface area contributed by atoms with Crippen molar-refractivity contribution in [1.29, 1.82) is 0 Å². The van der Waals surface area contributed by atoms with Gasteiger partial charge in [-0.1, -0.05) is 6.42 Å². The molecule has 0 bridgehead atoms. The van der Waals surface area contributed by atoms with Gasteiger partial charge in [0, 0.05) is 12.2 Å². The van der Waals surface area contributed by atoms with Gasteiger partial charge < -0.3 is 15.8 Å². The number of benzene rings is 1. The highest BCUT2D eigenvalue weighted by Crippen LogP contribution is 2.40. The van der Waals surface area contributed by atoms with Crippen molar-refractivity contribution >= 4 is 5.69 Å². The normalized spacial score (nSPS) is 17.1. The molecule has 0 aromatic heterocycles. The van der Waals surface area contributed by atoms with Gasteiger partial charge in [0.2, 0.25) is 0 Å². The number of ether oxygens (including phenoxy) is 1. The monoisotopic (exact) mass is 248 g/mol. The molecule has 1 aromatic rings. The lowest BCUT2D eigenvalue weighted by molar-refractivity contribution is 0.163. The average Bonchev–Trinajstić information content (AvgIpc) is 2.32. The fourth-order valence-corrected chi connectivity index (χ4v) is 2.61. The van der Waals surface area contributed by atoms with Crippen LogP contribution in [0.4, 0.5) is 5.69 Å². The Kier molecular flexibility index (Phi) is 3.81. The first-order valence-corrected chi connectivity index (χ1v) is 6.69. The van der Waals surface area contributed by atoms with E-state index in [0.717, 1.165) is 18.8 Å². The van der Waals surface area contributed by atoms with E-state index in [1.165, 1.54) is 36.1 Å². The van der Waals surface area contributed by atoms with Crippen LogP contribution in [0.1, 0.15) is 30.4 Å². The number of aryl methyl sites for hydroxylation is 2. The van der Waals surface area contributed by atoms with Crippen LogP contribution >= 0.6 is 0 Å². The molecule has 1 aliphatic rings. The Balaban J connectivity index is 2.07. The molecule has 1 aliphatic carbocycles. The van der Waals surface area contributed by atoms with Gasteiger partial charge in [0.25, 0.3) is 0 Å². The van der Waals surface area contributed by atoms with E-state index < -0.39 is 0 Å². The maximum absolute atomic E-state index is 5.89. The van der Waals surface area contributed by atoms with E-state index >= 15 is 0 Å². The highest BCUT2D eigenvalue weighted by molar-refractivity contribution is 5.57. The molecule has 0 amide bonds. The Morgan fingerprint density at radius 3 is 2.50 bits per heavy atom. The van der Waals surface area contributed by atoms with Crippen molar-refractivity contribution in [2.75, 3.05) is 25.5 Å². The first-order chi connectivity index (χ1) is 8.60. The second-order valence-electron chi connectivity index (χ2n) is 5.55. The standard InChI is InChI=1S/C15H24N2O/c1-11-8-14(18-3)12(2)7-13(11)17-10-15(9-16)5-4-6-15/h7-8,17H,4-6,9-10,16H2,1-3H3. The minimum Gasteiger partial charge on any atom is -0.496 e. The average molecular weight is 248 g/mol. The molecule has 1 fully saturated rings. The molecule has 1 saturated carbocycles. The molecule has 0 spiro atoms. The van der Waals surface area contributed by atoms with Crippen molar-refractivity contribution in [2.24, 2.45) is 11.1 Å². The summed E-state index contributed by atoms with van der Waals surface area (Å²) in [5.41, 5.74) is 9.82. The van der Waals surface area contributed by atoms with Crippen molar-refractivity contribution in [2.45, 2.75) is 33.1 Å².